The minimum Gasteiger partial charge on any atom is -0.460 e. The van der Waals surface area contributed by atoms with Crippen LogP contribution in [0.15, 0.2) is 48.8 Å². The molecule has 1 aromatic heterocycles. The lowest BCUT2D eigenvalue weighted by Crippen LogP contribution is -2.22. The first-order chi connectivity index (χ1) is 10.1. The number of carbonyl (C=O) groups is 2. The molecule has 1 aliphatic rings. The topological polar surface area (TPSA) is 57.5 Å². The molecular weight excluding hydrogens is 270 g/mol. The van der Waals surface area contributed by atoms with E-state index in [0.717, 1.165) is 5.69 Å². The fourth-order valence-electron chi connectivity index (χ4n) is 2.31. The van der Waals surface area contributed by atoms with Crippen LogP contribution < -0.4 is 0 Å². The summed E-state index contributed by atoms with van der Waals surface area (Å²) >= 11 is 0. The van der Waals surface area contributed by atoms with Crippen LogP contribution in [0.2, 0.25) is 0 Å². The zero-order valence-electron chi connectivity index (χ0n) is 11.6. The van der Waals surface area contributed by atoms with Crippen LogP contribution in [-0.2, 0) is 14.3 Å². The Bertz CT molecular complexity index is 663. The van der Waals surface area contributed by atoms with Gasteiger partial charge in [0.15, 0.2) is 0 Å². The number of cyclic esters (lactones) is 1. The van der Waals surface area contributed by atoms with Gasteiger partial charge in [0.1, 0.15) is 6.10 Å². The van der Waals surface area contributed by atoms with Crippen molar-refractivity contribution in [2.75, 3.05) is 0 Å². The van der Waals surface area contributed by atoms with Crippen molar-refractivity contribution >= 4 is 11.9 Å². The fourth-order valence-corrected chi connectivity index (χ4v) is 2.31. The summed E-state index contributed by atoms with van der Waals surface area (Å²) in [6, 6.07) is 10.9. The van der Waals surface area contributed by atoms with E-state index in [9.17, 15) is 9.59 Å². The molecule has 2 heterocycles. The maximum atomic E-state index is 12.1. The molecule has 108 valence electrons. The van der Waals surface area contributed by atoms with E-state index in [2.05, 4.69) is 0 Å². The van der Waals surface area contributed by atoms with Crippen molar-refractivity contribution in [2.45, 2.75) is 25.6 Å². The second kappa shape index (κ2) is 5.44. The Morgan fingerprint density at radius 3 is 2.71 bits per heavy atom. The molecule has 21 heavy (non-hydrogen) atoms. The Morgan fingerprint density at radius 1 is 1.29 bits per heavy atom. The van der Waals surface area contributed by atoms with E-state index in [-0.39, 0.29) is 6.10 Å². The highest BCUT2D eigenvalue weighted by Crippen LogP contribution is 2.19. The van der Waals surface area contributed by atoms with Crippen molar-refractivity contribution in [3.63, 3.8) is 0 Å². The first-order valence-corrected chi connectivity index (χ1v) is 6.78. The van der Waals surface area contributed by atoms with Gasteiger partial charge in [-0.15, -0.1) is 0 Å². The van der Waals surface area contributed by atoms with E-state index in [0.29, 0.717) is 12.0 Å². The summed E-state index contributed by atoms with van der Waals surface area (Å²) in [5, 5.41) is 0. The van der Waals surface area contributed by atoms with E-state index >= 15 is 0 Å². The number of benzene rings is 1. The summed E-state index contributed by atoms with van der Waals surface area (Å²) in [6.45, 7) is 1.78. The first-order valence-electron chi connectivity index (χ1n) is 6.78. The van der Waals surface area contributed by atoms with E-state index in [4.69, 9.17) is 9.47 Å². The largest absolute Gasteiger partial charge is 0.460 e. The summed E-state index contributed by atoms with van der Waals surface area (Å²) in [6.07, 6.45) is 3.17. The molecule has 0 aliphatic carbocycles. The van der Waals surface area contributed by atoms with Gasteiger partial charge in [0.2, 0.25) is 6.10 Å². The monoisotopic (exact) mass is 285 g/mol. The molecule has 0 radical (unpaired) electrons. The van der Waals surface area contributed by atoms with Crippen LogP contribution in [0.5, 0.6) is 0 Å². The third-order valence-corrected chi connectivity index (χ3v) is 3.36. The smallest absolute Gasteiger partial charge is 0.347 e. The Hall–Kier alpha value is -2.56. The van der Waals surface area contributed by atoms with Crippen molar-refractivity contribution in [1.29, 1.82) is 0 Å². The summed E-state index contributed by atoms with van der Waals surface area (Å²) < 4.78 is 12.1. The number of nitrogens with zero attached hydrogens (tertiary/aromatic N) is 1. The Labute approximate surface area is 122 Å². The van der Waals surface area contributed by atoms with Gasteiger partial charge >= 0.3 is 11.9 Å². The number of hydrogen-bond acceptors (Lipinski definition) is 4. The second-order valence-corrected chi connectivity index (χ2v) is 5.02. The highest BCUT2D eigenvalue weighted by atomic mass is 16.6. The molecule has 1 saturated heterocycles. The lowest BCUT2D eigenvalue weighted by atomic mass is 10.2. The Morgan fingerprint density at radius 2 is 2.05 bits per heavy atom. The van der Waals surface area contributed by atoms with Gasteiger partial charge < -0.3 is 14.0 Å². The van der Waals surface area contributed by atoms with Gasteiger partial charge in [-0.25, -0.2) is 9.59 Å². The minimum atomic E-state index is -0.803. The first kappa shape index (κ1) is 13.4. The van der Waals surface area contributed by atoms with Crippen molar-refractivity contribution < 1.29 is 19.1 Å². The highest BCUT2D eigenvalue weighted by Gasteiger charge is 2.35. The average molecular weight is 285 g/mol. The van der Waals surface area contributed by atoms with Gasteiger partial charge in [-0.1, -0.05) is 6.07 Å². The quantitative estimate of drug-likeness (QED) is 0.812. The molecule has 1 fully saturated rings. The van der Waals surface area contributed by atoms with E-state index in [1.807, 2.05) is 35.2 Å². The molecule has 0 amide bonds. The molecule has 0 N–H and O–H groups in total. The van der Waals surface area contributed by atoms with Gasteiger partial charge in [-0.3, -0.25) is 0 Å². The molecule has 0 spiro atoms. The van der Waals surface area contributed by atoms with Crippen LogP contribution in [0.4, 0.5) is 0 Å². The standard InChI is InChI=1S/C16H15NO4/c1-11-9-14(16(19)20-11)21-15(18)12-5-4-6-13(10-12)17-7-2-3-8-17/h2-8,10-11,14H,9H2,1H3/t11-,14+/m0/s1. The number of hydrogen-bond donors (Lipinski definition) is 0. The lowest BCUT2D eigenvalue weighted by molar-refractivity contribution is -0.147. The van der Waals surface area contributed by atoms with Crippen molar-refractivity contribution in [1.82, 2.24) is 4.57 Å². The SMILES string of the molecule is C[C@H]1C[C@@H](OC(=O)c2cccc(-n3cccc3)c2)C(=O)O1. The second-order valence-electron chi connectivity index (χ2n) is 5.02. The molecule has 0 bridgehead atoms. The van der Waals surface area contributed by atoms with Crippen molar-refractivity contribution in [2.24, 2.45) is 0 Å². The molecule has 5 nitrogen and oxygen atoms in total. The lowest BCUT2D eigenvalue weighted by Gasteiger charge is -2.09. The number of carbonyl (C=O) groups excluding carboxylic acids is 2. The molecule has 0 saturated carbocycles. The molecule has 3 rings (SSSR count). The molecule has 1 aromatic carbocycles. The molecule has 2 aromatic rings. The Kier molecular flexibility index (Phi) is 3.48. The predicted molar refractivity (Wildman–Crippen MR) is 75.1 cm³/mol. The van der Waals surface area contributed by atoms with Gasteiger partial charge in [0.05, 0.1) is 5.56 Å². The third-order valence-electron chi connectivity index (χ3n) is 3.36. The molecular formula is C16H15NO4. The summed E-state index contributed by atoms with van der Waals surface area (Å²) in [5.74, 6) is -0.988. The third kappa shape index (κ3) is 2.81. The number of esters is 2. The zero-order valence-corrected chi connectivity index (χ0v) is 11.6. The maximum Gasteiger partial charge on any atom is 0.347 e. The molecule has 2 atom stereocenters. The normalized spacial score (nSPS) is 21.1. The highest BCUT2D eigenvalue weighted by molar-refractivity contribution is 5.92. The van der Waals surface area contributed by atoms with Crippen LogP contribution in [0.3, 0.4) is 0 Å². The number of aromatic nitrogens is 1. The molecule has 0 unspecified atom stereocenters. The predicted octanol–water partition coefficient (Wildman–Crippen LogP) is 2.34. The summed E-state index contributed by atoms with van der Waals surface area (Å²) in [5.41, 5.74) is 1.27. The number of rotatable bonds is 3. The number of ether oxygens (including phenoxy) is 2. The maximum absolute atomic E-state index is 12.1. The van der Waals surface area contributed by atoms with Gasteiger partial charge in [0, 0.05) is 24.5 Å². The Balaban J connectivity index is 1.76. The van der Waals surface area contributed by atoms with Gasteiger partial charge in [-0.2, -0.15) is 0 Å². The van der Waals surface area contributed by atoms with E-state index in [1.165, 1.54) is 0 Å². The summed E-state index contributed by atoms with van der Waals surface area (Å²) in [7, 11) is 0. The molecule has 5 heteroatoms. The fraction of sp³-hybridized carbons (Fsp3) is 0.250. The van der Waals surface area contributed by atoms with E-state index < -0.39 is 18.0 Å². The minimum absolute atomic E-state index is 0.207. The van der Waals surface area contributed by atoms with Crippen LogP contribution in [0.1, 0.15) is 23.7 Å². The van der Waals surface area contributed by atoms with Crippen LogP contribution in [0.25, 0.3) is 5.69 Å². The van der Waals surface area contributed by atoms with Gasteiger partial charge in [0.25, 0.3) is 0 Å². The average Bonchev–Trinajstić information content (AvgIpc) is 3.09. The summed E-state index contributed by atoms with van der Waals surface area (Å²) in [4.78, 5) is 23.6. The zero-order chi connectivity index (χ0) is 14.8. The van der Waals surface area contributed by atoms with Gasteiger partial charge in [-0.05, 0) is 37.3 Å². The van der Waals surface area contributed by atoms with Crippen LogP contribution in [-0.4, -0.2) is 28.7 Å². The van der Waals surface area contributed by atoms with E-state index in [1.54, 1.807) is 25.1 Å². The van der Waals surface area contributed by atoms with Crippen LogP contribution in [0, 0.1) is 0 Å². The van der Waals surface area contributed by atoms with Crippen molar-refractivity contribution in [3.05, 3.63) is 54.4 Å². The molecule has 1 aliphatic heterocycles. The van der Waals surface area contributed by atoms with Crippen molar-refractivity contribution in [3.8, 4) is 5.69 Å². The van der Waals surface area contributed by atoms with Crippen LogP contribution >= 0.6 is 0 Å².